The third-order valence-electron chi connectivity index (χ3n) is 4.88. The summed E-state index contributed by atoms with van der Waals surface area (Å²) in [5.41, 5.74) is 1.38. The van der Waals surface area contributed by atoms with Crippen LogP contribution < -0.4 is 10.6 Å². The Kier molecular flexibility index (Phi) is 3.79. The summed E-state index contributed by atoms with van der Waals surface area (Å²) < 4.78 is 13.1. The topological polar surface area (TPSA) is 58.2 Å². The fraction of sp³-hybridized carbons (Fsp3) is 0.300. The van der Waals surface area contributed by atoms with Crippen LogP contribution in [0.4, 0.5) is 10.1 Å². The predicted octanol–water partition coefficient (Wildman–Crippen LogP) is 3.39. The van der Waals surface area contributed by atoms with Crippen molar-refractivity contribution >= 4 is 17.5 Å². The van der Waals surface area contributed by atoms with E-state index in [2.05, 4.69) is 10.6 Å². The van der Waals surface area contributed by atoms with Gasteiger partial charge in [0.1, 0.15) is 5.82 Å². The van der Waals surface area contributed by atoms with Gasteiger partial charge < -0.3 is 10.6 Å². The molecule has 2 aromatic rings. The Balaban J connectivity index is 1.49. The summed E-state index contributed by atoms with van der Waals surface area (Å²) in [6.45, 7) is 0. The van der Waals surface area contributed by atoms with Crippen molar-refractivity contribution in [2.24, 2.45) is 0 Å². The molecule has 5 heteroatoms. The van der Waals surface area contributed by atoms with E-state index in [1.807, 2.05) is 0 Å². The highest BCUT2D eigenvalue weighted by atomic mass is 19.1. The number of rotatable bonds is 5. The van der Waals surface area contributed by atoms with E-state index in [0.29, 0.717) is 17.3 Å². The normalized spacial score (nSPS) is 17.6. The molecular formula is C20H19FN2O2. The average Bonchev–Trinajstić information content (AvgIpc) is 3.51. The van der Waals surface area contributed by atoms with E-state index in [9.17, 15) is 14.0 Å². The Labute approximate surface area is 145 Å². The average molecular weight is 338 g/mol. The van der Waals surface area contributed by atoms with Crippen molar-refractivity contribution in [2.45, 2.75) is 37.1 Å². The van der Waals surface area contributed by atoms with E-state index in [0.717, 1.165) is 31.2 Å². The van der Waals surface area contributed by atoms with Crippen LogP contribution in [0.15, 0.2) is 48.5 Å². The van der Waals surface area contributed by atoms with Crippen LogP contribution in [-0.2, 0) is 10.2 Å². The molecule has 0 spiro atoms. The highest BCUT2D eigenvalue weighted by Crippen LogP contribution is 2.49. The van der Waals surface area contributed by atoms with Crippen LogP contribution in [0.1, 0.15) is 41.6 Å². The first-order chi connectivity index (χ1) is 12.1. The number of halogens is 1. The van der Waals surface area contributed by atoms with E-state index in [4.69, 9.17) is 0 Å². The summed E-state index contributed by atoms with van der Waals surface area (Å²) in [5.74, 6) is -0.536. The first kappa shape index (κ1) is 15.8. The first-order valence-corrected chi connectivity index (χ1v) is 8.55. The second-order valence-electron chi connectivity index (χ2n) is 6.87. The van der Waals surface area contributed by atoms with Crippen molar-refractivity contribution < 1.29 is 14.0 Å². The minimum atomic E-state index is -0.583. The van der Waals surface area contributed by atoms with Crippen LogP contribution in [0.5, 0.6) is 0 Å². The highest BCUT2D eigenvalue weighted by Gasteiger charge is 2.51. The molecule has 2 fully saturated rings. The van der Waals surface area contributed by atoms with Crippen LogP contribution in [0.3, 0.4) is 0 Å². The number of hydrogen-bond acceptors (Lipinski definition) is 2. The second-order valence-corrected chi connectivity index (χ2v) is 6.87. The lowest BCUT2D eigenvalue weighted by Crippen LogP contribution is -2.28. The first-order valence-electron chi connectivity index (χ1n) is 8.55. The Bertz CT molecular complexity index is 824. The van der Waals surface area contributed by atoms with Crippen molar-refractivity contribution in [3.63, 3.8) is 0 Å². The Morgan fingerprint density at radius 1 is 1.04 bits per heavy atom. The van der Waals surface area contributed by atoms with Gasteiger partial charge in [0.25, 0.3) is 5.91 Å². The zero-order valence-electron chi connectivity index (χ0n) is 13.7. The van der Waals surface area contributed by atoms with E-state index in [-0.39, 0.29) is 17.6 Å². The van der Waals surface area contributed by atoms with Crippen LogP contribution in [-0.4, -0.2) is 17.9 Å². The van der Waals surface area contributed by atoms with E-state index in [1.54, 1.807) is 36.4 Å². The van der Waals surface area contributed by atoms with E-state index in [1.165, 1.54) is 12.1 Å². The minimum Gasteiger partial charge on any atom is -0.349 e. The number of anilines is 1. The molecule has 2 amide bonds. The van der Waals surface area contributed by atoms with Gasteiger partial charge in [-0.05, 0) is 61.6 Å². The van der Waals surface area contributed by atoms with Gasteiger partial charge in [0.05, 0.1) is 5.41 Å². The fourth-order valence-corrected chi connectivity index (χ4v) is 3.03. The molecular weight excluding hydrogens is 319 g/mol. The molecule has 2 saturated carbocycles. The quantitative estimate of drug-likeness (QED) is 0.878. The molecule has 0 bridgehead atoms. The lowest BCUT2D eigenvalue weighted by atomic mass is 9.95. The Hall–Kier alpha value is -2.69. The number of carbonyl (C=O) groups excluding carboxylic acids is 2. The molecule has 25 heavy (non-hydrogen) atoms. The summed E-state index contributed by atoms with van der Waals surface area (Å²) in [7, 11) is 0. The standard InChI is InChI=1S/C20H19FN2O2/c21-15-6-4-14(5-7-15)20(10-11-20)19(25)23-17-3-1-2-13(12-17)18(24)22-16-8-9-16/h1-7,12,16H,8-11H2,(H,22,24)(H,23,25). The monoisotopic (exact) mass is 338 g/mol. The minimum absolute atomic E-state index is 0.112. The van der Waals surface area contributed by atoms with Crippen molar-refractivity contribution in [3.8, 4) is 0 Å². The van der Waals surface area contributed by atoms with Crippen LogP contribution in [0, 0.1) is 5.82 Å². The molecule has 0 atom stereocenters. The molecule has 4 nitrogen and oxygen atoms in total. The van der Waals surface area contributed by atoms with Gasteiger partial charge in [-0.25, -0.2) is 4.39 Å². The van der Waals surface area contributed by atoms with Gasteiger partial charge in [-0.1, -0.05) is 18.2 Å². The van der Waals surface area contributed by atoms with Crippen LogP contribution >= 0.6 is 0 Å². The summed E-state index contributed by atoms with van der Waals surface area (Å²) in [6, 6.07) is 13.3. The van der Waals surface area contributed by atoms with Crippen molar-refractivity contribution in [1.29, 1.82) is 0 Å². The lowest BCUT2D eigenvalue weighted by Gasteiger charge is -2.16. The maximum absolute atomic E-state index is 13.1. The summed E-state index contributed by atoms with van der Waals surface area (Å²) in [5, 5.41) is 5.85. The highest BCUT2D eigenvalue weighted by molar-refractivity contribution is 6.02. The molecule has 2 aromatic carbocycles. The SMILES string of the molecule is O=C(NC1CC1)c1cccc(NC(=O)C2(c3ccc(F)cc3)CC2)c1. The van der Waals surface area contributed by atoms with Crippen LogP contribution in [0.25, 0.3) is 0 Å². The van der Waals surface area contributed by atoms with Gasteiger partial charge in [0.2, 0.25) is 5.91 Å². The molecule has 4 rings (SSSR count). The van der Waals surface area contributed by atoms with Gasteiger partial charge in [0, 0.05) is 17.3 Å². The predicted molar refractivity (Wildman–Crippen MR) is 92.9 cm³/mol. The summed E-state index contributed by atoms with van der Waals surface area (Å²) in [6.07, 6.45) is 3.54. The van der Waals surface area contributed by atoms with Gasteiger partial charge in [-0.2, -0.15) is 0 Å². The Morgan fingerprint density at radius 2 is 1.76 bits per heavy atom. The summed E-state index contributed by atoms with van der Waals surface area (Å²) in [4.78, 5) is 24.9. The molecule has 0 heterocycles. The summed E-state index contributed by atoms with van der Waals surface area (Å²) >= 11 is 0. The van der Waals surface area contributed by atoms with E-state index < -0.39 is 5.41 Å². The largest absolute Gasteiger partial charge is 0.349 e. The van der Waals surface area contributed by atoms with Crippen LogP contribution in [0.2, 0.25) is 0 Å². The van der Waals surface area contributed by atoms with Crippen molar-refractivity contribution in [3.05, 3.63) is 65.5 Å². The number of hydrogen-bond donors (Lipinski definition) is 2. The second kappa shape index (κ2) is 5.99. The molecule has 2 N–H and O–H groups in total. The van der Waals surface area contributed by atoms with Gasteiger partial charge in [-0.3, -0.25) is 9.59 Å². The number of nitrogens with one attached hydrogen (secondary N) is 2. The third-order valence-corrected chi connectivity index (χ3v) is 4.88. The third kappa shape index (κ3) is 3.27. The van der Waals surface area contributed by atoms with E-state index >= 15 is 0 Å². The number of benzene rings is 2. The van der Waals surface area contributed by atoms with Gasteiger partial charge >= 0.3 is 0 Å². The molecule has 0 aliphatic heterocycles. The zero-order valence-corrected chi connectivity index (χ0v) is 13.7. The van der Waals surface area contributed by atoms with Gasteiger partial charge in [0.15, 0.2) is 0 Å². The molecule has 0 unspecified atom stereocenters. The molecule has 128 valence electrons. The smallest absolute Gasteiger partial charge is 0.251 e. The van der Waals surface area contributed by atoms with Crippen molar-refractivity contribution in [2.75, 3.05) is 5.32 Å². The Morgan fingerprint density at radius 3 is 2.40 bits per heavy atom. The lowest BCUT2D eigenvalue weighted by molar-refractivity contribution is -0.118. The molecule has 0 aromatic heterocycles. The van der Waals surface area contributed by atoms with Crippen molar-refractivity contribution in [1.82, 2.24) is 5.32 Å². The van der Waals surface area contributed by atoms with Gasteiger partial charge in [-0.15, -0.1) is 0 Å². The number of amides is 2. The fourth-order valence-electron chi connectivity index (χ4n) is 3.03. The maximum Gasteiger partial charge on any atom is 0.251 e. The zero-order chi connectivity index (χ0) is 17.4. The maximum atomic E-state index is 13.1. The molecule has 0 saturated heterocycles. The molecule has 2 aliphatic carbocycles. The molecule has 2 aliphatic rings. The molecule has 0 radical (unpaired) electrons. The number of carbonyl (C=O) groups is 2.